The number of nitrogens with zero attached hydrogens (tertiary/aromatic N) is 1. The first-order valence-electron chi connectivity index (χ1n) is 8.94. The Kier molecular flexibility index (Phi) is 4.13. The zero-order chi connectivity index (χ0) is 15.1. The van der Waals surface area contributed by atoms with Gasteiger partial charge in [-0.05, 0) is 58.8 Å². The van der Waals surface area contributed by atoms with Crippen molar-refractivity contribution >= 4 is 0 Å². The Morgan fingerprint density at radius 1 is 1.24 bits per heavy atom. The maximum Gasteiger partial charge on any atom is 0.0634 e. The fourth-order valence-electron chi connectivity index (χ4n) is 4.42. The molecule has 3 heteroatoms. The molecule has 2 saturated carbocycles. The van der Waals surface area contributed by atoms with Gasteiger partial charge in [-0.2, -0.15) is 0 Å². The fourth-order valence-corrected chi connectivity index (χ4v) is 4.42. The average molecular weight is 294 g/mol. The highest BCUT2D eigenvalue weighted by Crippen LogP contribution is 2.47. The third-order valence-corrected chi connectivity index (χ3v) is 6.59. The van der Waals surface area contributed by atoms with E-state index in [0.717, 1.165) is 12.3 Å². The molecule has 3 nitrogen and oxygen atoms in total. The van der Waals surface area contributed by atoms with Crippen molar-refractivity contribution in [1.29, 1.82) is 0 Å². The topological polar surface area (TPSA) is 24.5 Å². The van der Waals surface area contributed by atoms with E-state index in [2.05, 4.69) is 31.0 Å². The van der Waals surface area contributed by atoms with Crippen LogP contribution in [0, 0.1) is 5.92 Å². The van der Waals surface area contributed by atoms with Crippen LogP contribution in [0.15, 0.2) is 0 Å². The fraction of sp³-hybridized carbons (Fsp3) is 1.00. The summed E-state index contributed by atoms with van der Waals surface area (Å²) in [5.41, 5.74) is 0.793. The second-order valence-corrected chi connectivity index (χ2v) is 8.61. The van der Waals surface area contributed by atoms with Crippen LogP contribution in [0.4, 0.5) is 0 Å². The highest BCUT2D eigenvalue weighted by Gasteiger charge is 2.52. The van der Waals surface area contributed by atoms with Gasteiger partial charge in [0, 0.05) is 37.8 Å². The molecular formula is C18H34N2O. The normalized spacial score (nSPS) is 33.7. The van der Waals surface area contributed by atoms with Gasteiger partial charge < -0.3 is 10.1 Å². The van der Waals surface area contributed by atoms with E-state index in [0.29, 0.717) is 11.1 Å². The second kappa shape index (κ2) is 5.50. The molecule has 3 aliphatic rings. The maximum atomic E-state index is 5.65. The van der Waals surface area contributed by atoms with E-state index in [1.807, 2.05) is 7.11 Å². The van der Waals surface area contributed by atoms with E-state index in [4.69, 9.17) is 4.74 Å². The standard InChI is InChI=1S/C18H34N2O/c1-16(2,21-4)11-12-20-14-18(9-5-6-10-18)19-13-17(20,3)15-7-8-15/h15,19H,5-14H2,1-4H3. The lowest BCUT2D eigenvalue weighted by atomic mass is 9.83. The van der Waals surface area contributed by atoms with Gasteiger partial charge in [0.15, 0.2) is 0 Å². The van der Waals surface area contributed by atoms with Gasteiger partial charge in [-0.25, -0.2) is 0 Å². The highest BCUT2D eigenvalue weighted by atomic mass is 16.5. The van der Waals surface area contributed by atoms with Crippen molar-refractivity contribution in [3.05, 3.63) is 0 Å². The Bertz CT molecular complexity index is 371. The molecule has 1 aliphatic heterocycles. The molecule has 0 aromatic heterocycles. The van der Waals surface area contributed by atoms with Crippen LogP contribution < -0.4 is 5.32 Å². The van der Waals surface area contributed by atoms with Gasteiger partial charge >= 0.3 is 0 Å². The quantitative estimate of drug-likeness (QED) is 0.843. The lowest BCUT2D eigenvalue weighted by Crippen LogP contribution is -2.69. The van der Waals surface area contributed by atoms with Crippen molar-refractivity contribution in [3.63, 3.8) is 0 Å². The van der Waals surface area contributed by atoms with E-state index < -0.39 is 0 Å². The van der Waals surface area contributed by atoms with Crippen LogP contribution >= 0.6 is 0 Å². The molecule has 3 rings (SSSR count). The smallest absolute Gasteiger partial charge is 0.0634 e. The molecule has 0 amide bonds. The predicted octanol–water partition coefficient (Wildman–Crippen LogP) is 3.19. The number of nitrogens with one attached hydrogen (secondary N) is 1. The van der Waals surface area contributed by atoms with E-state index in [9.17, 15) is 0 Å². The highest BCUT2D eigenvalue weighted by molar-refractivity contribution is 5.10. The SMILES string of the molecule is COC(C)(C)CCN1CC2(CCCC2)NCC1(C)C1CC1. The van der Waals surface area contributed by atoms with Gasteiger partial charge in [0.25, 0.3) is 0 Å². The predicted molar refractivity (Wildman–Crippen MR) is 87.6 cm³/mol. The van der Waals surface area contributed by atoms with E-state index in [-0.39, 0.29) is 5.60 Å². The van der Waals surface area contributed by atoms with Crippen molar-refractivity contribution in [2.45, 2.75) is 82.4 Å². The third-order valence-electron chi connectivity index (χ3n) is 6.59. The summed E-state index contributed by atoms with van der Waals surface area (Å²) in [7, 11) is 1.84. The summed E-state index contributed by atoms with van der Waals surface area (Å²) in [5, 5.41) is 3.97. The lowest BCUT2D eigenvalue weighted by Gasteiger charge is -2.53. The summed E-state index contributed by atoms with van der Waals surface area (Å²) in [6, 6.07) is 0. The number of methoxy groups -OCH3 is 1. The van der Waals surface area contributed by atoms with Crippen LogP contribution in [0.2, 0.25) is 0 Å². The number of rotatable bonds is 5. The minimum atomic E-state index is -0.00181. The van der Waals surface area contributed by atoms with Crippen molar-refractivity contribution < 1.29 is 4.74 Å². The molecule has 0 aromatic carbocycles. The summed E-state index contributed by atoms with van der Waals surface area (Å²) in [5.74, 6) is 0.911. The molecular weight excluding hydrogens is 260 g/mol. The number of hydrogen-bond donors (Lipinski definition) is 1. The number of ether oxygens (including phenoxy) is 1. The largest absolute Gasteiger partial charge is 0.379 e. The number of piperazine rings is 1. The van der Waals surface area contributed by atoms with Crippen LogP contribution in [0.25, 0.3) is 0 Å². The molecule has 21 heavy (non-hydrogen) atoms. The van der Waals surface area contributed by atoms with Gasteiger partial charge in [0.1, 0.15) is 0 Å². The van der Waals surface area contributed by atoms with Gasteiger partial charge in [-0.15, -0.1) is 0 Å². The van der Waals surface area contributed by atoms with Crippen LogP contribution in [-0.4, -0.2) is 48.3 Å². The molecule has 1 N–H and O–H groups in total. The molecule has 1 spiro atoms. The number of hydrogen-bond acceptors (Lipinski definition) is 3. The maximum absolute atomic E-state index is 5.65. The zero-order valence-corrected chi connectivity index (χ0v) is 14.5. The minimum absolute atomic E-state index is 0.00181. The Morgan fingerprint density at radius 2 is 1.90 bits per heavy atom. The zero-order valence-electron chi connectivity index (χ0n) is 14.5. The molecule has 1 atom stereocenters. The monoisotopic (exact) mass is 294 g/mol. The van der Waals surface area contributed by atoms with Crippen molar-refractivity contribution in [2.75, 3.05) is 26.7 Å². The first kappa shape index (κ1) is 15.8. The second-order valence-electron chi connectivity index (χ2n) is 8.61. The van der Waals surface area contributed by atoms with Gasteiger partial charge in [0.2, 0.25) is 0 Å². The van der Waals surface area contributed by atoms with Crippen molar-refractivity contribution in [2.24, 2.45) is 5.92 Å². The minimum Gasteiger partial charge on any atom is -0.379 e. The summed E-state index contributed by atoms with van der Waals surface area (Å²) >= 11 is 0. The molecule has 1 unspecified atom stereocenters. The third kappa shape index (κ3) is 3.16. The molecule has 3 fully saturated rings. The lowest BCUT2D eigenvalue weighted by molar-refractivity contribution is -0.0331. The van der Waals surface area contributed by atoms with Crippen LogP contribution in [0.1, 0.15) is 65.7 Å². The van der Waals surface area contributed by atoms with Crippen LogP contribution in [-0.2, 0) is 4.74 Å². The van der Waals surface area contributed by atoms with Gasteiger partial charge in [-0.3, -0.25) is 4.90 Å². The molecule has 0 radical (unpaired) electrons. The molecule has 122 valence electrons. The van der Waals surface area contributed by atoms with Gasteiger partial charge in [0.05, 0.1) is 5.60 Å². The van der Waals surface area contributed by atoms with E-state index >= 15 is 0 Å². The molecule has 1 saturated heterocycles. The Labute approximate surface area is 130 Å². The summed E-state index contributed by atoms with van der Waals surface area (Å²) in [6.45, 7) is 10.5. The van der Waals surface area contributed by atoms with E-state index in [1.54, 1.807) is 0 Å². The first-order valence-corrected chi connectivity index (χ1v) is 8.94. The average Bonchev–Trinajstić information content (AvgIpc) is 3.23. The van der Waals surface area contributed by atoms with Gasteiger partial charge in [-0.1, -0.05) is 12.8 Å². The molecule has 0 aromatic rings. The van der Waals surface area contributed by atoms with E-state index in [1.165, 1.54) is 58.2 Å². The van der Waals surface area contributed by atoms with Crippen LogP contribution in [0.3, 0.4) is 0 Å². The molecule has 0 bridgehead atoms. The summed E-state index contributed by atoms with van der Waals surface area (Å²) < 4.78 is 5.65. The molecule has 2 aliphatic carbocycles. The summed E-state index contributed by atoms with van der Waals surface area (Å²) in [4.78, 5) is 2.83. The summed E-state index contributed by atoms with van der Waals surface area (Å²) in [6.07, 6.45) is 9.54. The van der Waals surface area contributed by atoms with Crippen LogP contribution in [0.5, 0.6) is 0 Å². The Balaban J connectivity index is 1.70. The first-order chi connectivity index (χ1) is 9.89. The Hall–Kier alpha value is -0.120. The Morgan fingerprint density at radius 3 is 2.48 bits per heavy atom. The van der Waals surface area contributed by atoms with Crippen molar-refractivity contribution in [3.8, 4) is 0 Å². The molecule has 1 heterocycles. The van der Waals surface area contributed by atoms with Crippen molar-refractivity contribution in [1.82, 2.24) is 10.2 Å².